The molecule has 2 aromatic carbocycles. The highest BCUT2D eigenvalue weighted by Crippen LogP contribution is 2.40. The summed E-state index contributed by atoms with van der Waals surface area (Å²) < 4.78 is 107. The van der Waals surface area contributed by atoms with E-state index in [-0.39, 0.29) is 21.9 Å². The van der Waals surface area contributed by atoms with Crippen LogP contribution in [-0.2, 0) is 6.18 Å². The second kappa shape index (κ2) is 9.98. The quantitative estimate of drug-likeness (QED) is 0.257. The maximum atomic E-state index is 14.9. The maximum absolute atomic E-state index is 14.9. The lowest BCUT2D eigenvalue weighted by Crippen LogP contribution is -2.19. The number of rotatable bonds is 6. The van der Waals surface area contributed by atoms with Gasteiger partial charge in [0, 0.05) is 6.07 Å². The first-order valence-corrected chi connectivity index (χ1v) is 10.0. The van der Waals surface area contributed by atoms with Crippen LogP contribution in [0.15, 0.2) is 53.1 Å². The van der Waals surface area contributed by atoms with Crippen molar-refractivity contribution in [2.45, 2.75) is 12.5 Å². The fourth-order valence-corrected chi connectivity index (χ4v) is 3.12. The highest BCUT2D eigenvalue weighted by atomic mass is 79.9. The van der Waals surface area contributed by atoms with Crippen molar-refractivity contribution in [3.05, 3.63) is 70.1 Å². The van der Waals surface area contributed by atoms with Crippen LogP contribution in [-0.4, -0.2) is 24.4 Å². The summed E-state index contributed by atoms with van der Waals surface area (Å²) in [5.41, 5.74) is -2.86. The van der Waals surface area contributed by atoms with E-state index in [0.717, 1.165) is 25.3 Å². The molecule has 1 N–H and O–H groups in total. The van der Waals surface area contributed by atoms with E-state index in [0.29, 0.717) is 12.1 Å². The molecule has 186 valence electrons. The molecule has 0 spiro atoms. The Labute approximate surface area is 200 Å². The predicted molar refractivity (Wildman–Crippen MR) is 111 cm³/mol. The zero-order valence-corrected chi connectivity index (χ0v) is 18.8. The smallest absolute Gasteiger partial charge is 0.493 e. The van der Waals surface area contributed by atoms with Crippen LogP contribution in [0.5, 0.6) is 23.0 Å². The first-order valence-electron chi connectivity index (χ1n) is 9.23. The molecule has 35 heavy (non-hydrogen) atoms. The lowest BCUT2D eigenvalue weighted by molar-refractivity contribution is -0.274. The van der Waals surface area contributed by atoms with Gasteiger partial charge in [0.25, 0.3) is 5.91 Å². The average Bonchev–Trinajstić information content (AvgIpc) is 2.72. The number of hydrogen-bond donors (Lipinski definition) is 1. The van der Waals surface area contributed by atoms with Crippen LogP contribution in [0.4, 0.5) is 36.6 Å². The summed E-state index contributed by atoms with van der Waals surface area (Å²) in [7, 11) is 1.07. The summed E-state index contributed by atoms with van der Waals surface area (Å²) in [6, 6.07) is 7.87. The highest BCUT2D eigenvalue weighted by Gasteiger charge is 2.38. The Hall–Kier alpha value is -3.55. The average molecular weight is 569 g/mol. The molecule has 0 unspecified atom stereocenters. The lowest BCUT2D eigenvalue weighted by atomic mass is 10.1. The Morgan fingerprint density at radius 2 is 1.66 bits per heavy atom. The molecule has 3 aromatic rings. The van der Waals surface area contributed by atoms with Gasteiger partial charge in [-0.25, -0.2) is 9.37 Å². The van der Waals surface area contributed by atoms with Gasteiger partial charge >= 0.3 is 12.5 Å². The fraction of sp³-hybridized carbons (Fsp3) is 0.143. The van der Waals surface area contributed by atoms with E-state index in [2.05, 4.69) is 31.0 Å². The van der Waals surface area contributed by atoms with Crippen molar-refractivity contribution in [3.63, 3.8) is 0 Å². The molecular formula is C21H12BrF7N2O4. The molecule has 0 aliphatic carbocycles. The lowest BCUT2D eigenvalue weighted by Gasteiger charge is -2.17. The molecule has 0 atom stereocenters. The largest absolute Gasteiger partial charge is 0.573 e. The number of ether oxygens (including phenoxy) is 3. The van der Waals surface area contributed by atoms with Crippen LogP contribution in [0.3, 0.4) is 0 Å². The standard InChI is InChI=1S/C21H12BrF7N2O4/c1-33-14-9-10(35-21(27,28)29)5-7-12(14)34-13-8-6-11(20(24,25)26)18(23)17(13)19(32)31-16-4-2-3-15(22)30-16/h2-9H,1H3,(H,30,31,32). The van der Waals surface area contributed by atoms with Gasteiger partial charge in [-0.3, -0.25) is 4.79 Å². The molecule has 14 heteroatoms. The summed E-state index contributed by atoms with van der Waals surface area (Å²) in [6.07, 6.45) is -10.1. The molecule has 3 rings (SSSR count). The highest BCUT2D eigenvalue weighted by molar-refractivity contribution is 9.10. The van der Waals surface area contributed by atoms with Crippen molar-refractivity contribution in [1.29, 1.82) is 0 Å². The minimum Gasteiger partial charge on any atom is -0.493 e. The van der Waals surface area contributed by atoms with Crippen molar-refractivity contribution in [3.8, 4) is 23.0 Å². The number of hydrogen-bond acceptors (Lipinski definition) is 5. The molecule has 0 saturated carbocycles. The van der Waals surface area contributed by atoms with Crippen LogP contribution in [0.25, 0.3) is 0 Å². The molecule has 0 bridgehead atoms. The van der Waals surface area contributed by atoms with Gasteiger partial charge in [-0.1, -0.05) is 6.07 Å². The topological polar surface area (TPSA) is 69.7 Å². The van der Waals surface area contributed by atoms with E-state index in [9.17, 15) is 35.5 Å². The number of pyridine rings is 1. The molecule has 0 fully saturated rings. The normalized spacial score (nSPS) is 11.7. The van der Waals surface area contributed by atoms with Gasteiger partial charge in [-0.05, 0) is 52.3 Å². The molecule has 1 aromatic heterocycles. The number of anilines is 1. The van der Waals surface area contributed by atoms with Crippen LogP contribution < -0.4 is 19.5 Å². The molecule has 0 aliphatic rings. The SMILES string of the molecule is COc1cc(OC(F)(F)F)ccc1Oc1ccc(C(F)(F)F)c(F)c1C(=O)Nc1cccc(Br)n1. The van der Waals surface area contributed by atoms with Gasteiger partial charge in [0.1, 0.15) is 27.5 Å². The molecule has 1 amide bonds. The molecule has 0 aliphatic heterocycles. The van der Waals surface area contributed by atoms with Gasteiger partial charge in [-0.2, -0.15) is 13.2 Å². The number of nitrogens with zero attached hydrogens (tertiary/aromatic N) is 1. The molecular weight excluding hydrogens is 557 g/mol. The minimum atomic E-state index is -5.14. The summed E-state index contributed by atoms with van der Waals surface area (Å²) in [5.74, 6) is -5.41. The number of amides is 1. The van der Waals surface area contributed by atoms with Crippen LogP contribution in [0, 0.1) is 5.82 Å². The van der Waals surface area contributed by atoms with E-state index in [4.69, 9.17) is 9.47 Å². The number of aromatic nitrogens is 1. The number of nitrogens with one attached hydrogen (secondary N) is 1. The van der Waals surface area contributed by atoms with Crippen LogP contribution in [0.1, 0.15) is 15.9 Å². The number of carbonyl (C=O) groups excluding carboxylic acids is 1. The summed E-state index contributed by atoms with van der Waals surface area (Å²) in [4.78, 5) is 16.7. The number of halogens is 8. The Balaban J connectivity index is 2.05. The Kier molecular flexibility index (Phi) is 7.43. The van der Waals surface area contributed by atoms with E-state index < -0.39 is 46.9 Å². The zero-order chi connectivity index (χ0) is 26.0. The third kappa shape index (κ3) is 6.53. The Morgan fingerprint density at radius 1 is 0.971 bits per heavy atom. The van der Waals surface area contributed by atoms with Crippen LogP contribution >= 0.6 is 15.9 Å². The number of benzene rings is 2. The maximum Gasteiger partial charge on any atom is 0.573 e. The van der Waals surface area contributed by atoms with Gasteiger partial charge < -0.3 is 19.5 Å². The van der Waals surface area contributed by atoms with Crippen molar-refractivity contribution in [1.82, 2.24) is 4.98 Å². The van der Waals surface area contributed by atoms with Crippen molar-refractivity contribution < 1.29 is 49.7 Å². The number of methoxy groups -OCH3 is 1. The predicted octanol–water partition coefficient (Wildman–Crippen LogP) is 6.95. The monoisotopic (exact) mass is 568 g/mol. The Morgan fingerprint density at radius 3 is 2.26 bits per heavy atom. The number of carbonyl (C=O) groups is 1. The van der Waals surface area contributed by atoms with Gasteiger partial charge in [-0.15, -0.1) is 13.2 Å². The first kappa shape index (κ1) is 26.1. The third-order valence-electron chi connectivity index (χ3n) is 4.18. The van der Waals surface area contributed by atoms with E-state index in [1.807, 2.05) is 0 Å². The molecule has 6 nitrogen and oxygen atoms in total. The Bertz CT molecular complexity index is 1250. The first-order chi connectivity index (χ1) is 16.3. The summed E-state index contributed by atoms with van der Waals surface area (Å²) >= 11 is 3.05. The van der Waals surface area contributed by atoms with E-state index >= 15 is 0 Å². The minimum absolute atomic E-state index is 0.113. The van der Waals surface area contributed by atoms with Crippen molar-refractivity contribution in [2.75, 3.05) is 12.4 Å². The van der Waals surface area contributed by atoms with Gasteiger partial charge in [0.2, 0.25) is 0 Å². The molecule has 0 saturated heterocycles. The van der Waals surface area contributed by atoms with Crippen LogP contribution in [0.2, 0.25) is 0 Å². The summed E-state index contributed by atoms with van der Waals surface area (Å²) in [6.45, 7) is 0. The fourth-order valence-electron chi connectivity index (χ4n) is 2.78. The second-order valence-corrected chi connectivity index (χ2v) is 7.37. The van der Waals surface area contributed by atoms with E-state index in [1.165, 1.54) is 18.2 Å². The van der Waals surface area contributed by atoms with Crippen molar-refractivity contribution in [2.24, 2.45) is 0 Å². The third-order valence-corrected chi connectivity index (χ3v) is 4.62. The molecule has 0 radical (unpaired) electrons. The van der Waals surface area contributed by atoms with E-state index in [1.54, 1.807) is 0 Å². The molecule has 1 heterocycles. The van der Waals surface area contributed by atoms with Crippen molar-refractivity contribution >= 4 is 27.7 Å². The second-order valence-electron chi connectivity index (χ2n) is 6.56. The number of alkyl halides is 6. The van der Waals surface area contributed by atoms with Gasteiger partial charge in [0.15, 0.2) is 17.3 Å². The summed E-state index contributed by atoms with van der Waals surface area (Å²) in [5, 5.41) is 2.16. The zero-order valence-electron chi connectivity index (χ0n) is 17.2. The van der Waals surface area contributed by atoms with Gasteiger partial charge in [0.05, 0.1) is 12.7 Å².